The Morgan fingerprint density at radius 2 is 2.15 bits per heavy atom. The molecule has 0 saturated carbocycles. The van der Waals surface area contributed by atoms with Crippen LogP contribution in [0, 0.1) is 0 Å². The van der Waals surface area contributed by atoms with E-state index in [1.807, 2.05) is 18.2 Å². The van der Waals surface area contributed by atoms with Crippen molar-refractivity contribution in [2.45, 2.75) is 39.3 Å². The Morgan fingerprint density at radius 1 is 1.45 bits per heavy atom. The normalized spacial score (nSPS) is 11.1. The molecule has 1 N–H and O–H groups in total. The summed E-state index contributed by atoms with van der Waals surface area (Å²) in [6.45, 7) is 5.55. The summed E-state index contributed by atoms with van der Waals surface area (Å²) >= 11 is 6.24. The van der Waals surface area contributed by atoms with Crippen LogP contribution in [0.25, 0.3) is 0 Å². The van der Waals surface area contributed by atoms with Gasteiger partial charge in [0.25, 0.3) is 0 Å². The van der Waals surface area contributed by atoms with Gasteiger partial charge in [0.1, 0.15) is 5.75 Å². The Kier molecular flexibility index (Phi) is 6.82. The maximum Gasteiger partial charge on any atom is 0.303 e. The molecular weight excluding hydrogens is 278 g/mol. The van der Waals surface area contributed by atoms with Crippen LogP contribution in [0.5, 0.6) is 5.75 Å². The molecule has 1 rings (SSSR count). The number of hydrogen-bond donors (Lipinski definition) is 1. The van der Waals surface area contributed by atoms with E-state index in [-0.39, 0.29) is 6.42 Å². The van der Waals surface area contributed by atoms with Gasteiger partial charge in [-0.25, -0.2) is 0 Å². The van der Waals surface area contributed by atoms with Gasteiger partial charge in [-0.05, 0) is 38.9 Å². The number of benzene rings is 1. The van der Waals surface area contributed by atoms with Crippen molar-refractivity contribution in [2.75, 3.05) is 13.7 Å². The number of ether oxygens (including phenoxy) is 1. The summed E-state index contributed by atoms with van der Waals surface area (Å²) in [6, 6.07) is 5.89. The second kappa shape index (κ2) is 8.12. The van der Waals surface area contributed by atoms with Gasteiger partial charge in [0, 0.05) is 29.6 Å². The monoisotopic (exact) mass is 299 g/mol. The third kappa shape index (κ3) is 5.02. The van der Waals surface area contributed by atoms with Gasteiger partial charge in [-0.2, -0.15) is 0 Å². The zero-order valence-corrected chi connectivity index (χ0v) is 13.0. The van der Waals surface area contributed by atoms with Gasteiger partial charge in [-0.3, -0.25) is 9.69 Å². The van der Waals surface area contributed by atoms with E-state index in [1.54, 1.807) is 7.11 Å². The van der Waals surface area contributed by atoms with Crippen LogP contribution in [0.3, 0.4) is 0 Å². The summed E-state index contributed by atoms with van der Waals surface area (Å²) < 4.78 is 5.34. The lowest BCUT2D eigenvalue weighted by atomic mass is 10.1. The van der Waals surface area contributed by atoms with Crippen molar-refractivity contribution < 1.29 is 14.6 Å². The molecule has 0 heterocycles. The summed E-state index contributed by atoms with van der Waals surface area (Å²) in [6.07, 6.45) is 0.809. The van der Waals surface area contributed by atoms with Crippen LogP contribution in [0.4, 0.5) is 0 Å². The molecule has 20 heavy (non-hydrogen) atoms. The SMILES string of the molecule is COc1cccc(Cl)c1CN(CCCC(=O)O)C(C)C. The van der Waals surface area contributed by atoms with E-state index >= 15 is 0 Å². The van der Waals surface area contributed by atoms with Crippen molar-refractivity contribution in [3.8, 4) is 5.75 Å². The Bertz CT molecular complexity index is 449. The summed E-state index contributed by atoms with van der Waals surface area (Å²) in [5.74, 6) is 0.00501. The first-order valence-electron chi connectivity index (χ1n) is 6.73. The van der Waals surface area contributed by atoms with Gasteiger partial charge in [-0.15, -0.1) is 0 Å². The molecular formula is C15H22ClNO3. The Morgan fingerprint density at radius 3 is 2.70 bits per heavy atom. The predicted octanol–water partition coefficient (Wildman–Crippen LogP) is 3.42. The standard InChI is InChI=1S/C15H22ClNO3/c1-11(2)17(9-5-8-15(18)19)10-12-13(16)6-4-7-14(12)20-3/h4,6-7,11H,5,8-10H2,1-3H3,(H,18,19). The molecule has 0 bridgehead atoms. The third-order valence-electron chi connectivity index (χ3n) is 3.22. The number of carboxylic acids is 1. The molecule has 1 aromatic rings. The number of halogens is 1. The van der Waals surface area contributed by atoms with Crippen molar-refractivity contribution in [1.82, 2.24) is 4.90 Å². The molecule has 0 aliphatic rings. The number of hydrogen-bond acceptors (Lipinski definition) is 3. The van der Waals surface area contributed by atoms with E-state index in [1.165, 1.54) is 0 Å². The van der Waals surface area contributed by atoms with Crippen molar-refractivity contribution >= 4 is 17.6 Å². The molecule has 5 heteroatoms. The van der Waals surface area contributed by atoms with Gasteiger partial charge in [0.05, 0.1) is 7.11 Å². The number of carboxylic acid groups (broad SMARTS) is 1. The van der Waals surface area contributed by atoms with Gasteiger partial charge >= 0.3 is 5.97 Å². The summed E-state index contributed by atoms with van der Waals surface area (Å²) in [5, 5.41) is 9.40. The lowest BCUT2D eigenvalue weighted by Crippen LogP contribution is -2.31. The minimum Gasteiger partial charge on any atom is -0.496 e. The van der Waals surface area contributed by atoms with Crippen LogP contribution < -0.4 is 4.74 Å². The van der Waals surface area contributed by atoms with E-state index in [0.29, 0.717) is 24.0 Å². The Labute approximate surface area is 125 Å². The fraction of sp³-hybridized carbons (Fsp3) is 0.533. The molecule has 0 amide bonds. The number of nitrogens with zero attached hydrogens (tertiary/aromatic N) is 1. The first-order valence-corrected chi connectivity index (χ1v) is 7.10. The van der Waals surface area contributed by atoms with Crippen LogP contribution in [-0.2, 0) is 11.3 Å². The van der Waals surface area contributed by atoms with Gasteiger partial charge in [-0.1, -0.05) is 17.7 Å². The minimum atomic E-state index is -0.760. The number of rotatable bonds is 8. The Balaban J connectivity index is 2.77. The fourth-order valence-electron chi connectivity index (χ4n) is 2.04. The summed E-state index contributed by atoms with van der Waals surface area (Å²) in [7, 11) is 1.62. The number of aliphatic carboxylic acids is 1. The van der Waals surface area contributed by atoms with Crippen molar-refractivity contribution in [1.29, 1.82) is 0 Å². The molecule has 0 radical (unpaired) electrons. The minimum absolute atomic E-state index is 0.183. The lowest BCUT2D eigenvalue weighted by Gasteiger charge is -2.27. The van der Waals surface area contributed by atoms with E-state index in [9.17, 15) is 4.79 Å². The molecule has 0 unspecified atom stereocenters. The quantitative estimate of drug-likeness (QED) is 0.799. The zero-order chi connectivity index (χ0) is 15.1. The topological polar surface area (TPSA) is 49.8 Å². The molecule has 112 valence electrons. The fourth-order valence-corrected chi connectivity index (χ4v) is 2.27. The largest absolute Gasteiger partial charge is 0.496 e. The molecule has 0 aliphatic carbocycles. The van der Waals surface area contributed by atoms with E-state index in [0.717, 1.165) is 17.9 Å². The van der Waals surface area contributed by atoms with Gasteiger partial charge < -0.3 is 9.84 Å². The van der Waals surface area contributed by atoms with Crippen LogP contribution in [0.15, 0.2) is 18.2 Å². The van der Waals surface area contributed by atoms with Crippen LogP contribution in [0.2, 0.25) is 5.02 Å². The lowest BCUT2D eigenvalue weighted by molar-refractivity contribution is -0.137. The van der Waals surface area contributed by atoms with Crippen LogP contribution >= 0.6 is 11.6 Å². The summed E-state index contributed by atoms with van der Waals surface area (Å²) in [5.41, 5.74) is 0.945. The van der Waals surface area contributed by atoms with Crippen LogP contribution in [0.1, 0.15) is 32.3 Å². The third-order valence-corrected chi connectivity index (χ3v) is 3.58. The highest BCUT2D eigenvalue weighted by molar-refractivity contribution is 6.31. The molecule has 0 aliphatic heterocycles. The van der Waals surface area contributed by atoms with Gasteiger partial charge in [0.2, 0.25) is 0 Å². The number of methoxy groups -OCH3 is 1. The highest BCUT2D eigenvalue weighted by atomic mass is 35.5. The van der Waals surface area contributed by atoms with Crippen molar-refractivity contribution in [2.24, 2.45) is 0 Å². The first kappa shape index (κ1) is 16.8. The molecule has 4 nitrogen and oxygen atoms in total. The second-order valence-electron chi connectivity index (χ2n) is 4.98. The first-order chi connectivity index (χ1) is 9.45. The molecule has 1 aromatic carbocycles. The molecule has 0 atom stereocenters. The smallest absolute Gasteiger partial charge is 0.303 e. The molecule has 0 spiro atoms. The van der Waals surface area contributed by atoms with Crippen LogP contribution in [-0.4, -0.2) is 35.7 Å². The highest BCUT2D eigenvalue weighted by Gasteiger charge is 2.15. The average Bonchev–Trinajstić information content (AvgIpc) is 2.38. The maximum absolute atomic E-state index is 10.6. The average molecular weight is 300 g/mol. The van der Waals surface area contributed by atoms with Crippen molar-refractivity contribution in [3.63, 3.8) is 0 Å². The molecule has 0 saturated heterocycles. The maximum atomic E-state index is 10.6. The Hall–Kier alpha value is -1.26. The zero-order valence-electron chi connectivity index (χ0n) is 12.2. The van der Waals surface area contributed by atoms with Gasteiger partial charge in [0.15, 0.2) is 0 Å². The molecule has 0 fully saturated rings. The highest BCUT2D eigenvalue weighted by Crippen LogP contribution is 2.28. The van der Waals surface area contributed by atoms with Crippen molar-refractivity contribution in [3.05, 3.63) is 28.8 Å². The number of carbonyl (C=O) groups is 1. The molecule has 0 aromatic heterocycles. The second-order valence-corrected chi connectivity index (χ2v) is 5.39. The predicted molar refractivity (Wildman–Crippen MR) is 80.4 cm³/mol. The van der Waals surface area contributed by atoms with E-state index in [2.05, 4.69) is 18.7 Å². The van der Waals surface area contributed by atoms with E-state index < -0.39 is 5.97 Å². The van der Waals surface area contributed by atoms with E-state index in [4.69, 9.17) is 21.4 Å². The summed E-state index contributed by atoms with van der Waals surface area (Å²) in [4.78, 5) is 12.8.